The Balaban J connectivity index is 1.67. The highest BCUT2D eigenvalue weighted by Crippen LogP contribution is 2.44. The predicted octanol–water partition coefficient (Wildman–Crippen LogP) is 6.58. The summed E-state index contributed by atoms with van der Waals surface area (Å²) in [6.45, 7) is 0. The van der Waals surface area contributed by atoms with Crippen LogP contribution < -0.4 is 0 Å². The van der Waals surface area contributed by atoms with Crippen molar-refractivity contribution in [3.8, 4) is 16.9 Å². The molecule has 0 N–H and O–H groups in total. The van der Waals surface area contributed by atoms with Crippen LogP contribution in [0.15, 0.2) is 90.0 Å². The zero-order valence-corrected chi connectivity index (χ0v) is 16.1. The minimum atomic E-state index is 0.302. The zero-order valence-electron chi connectivity index (χ0n) is 14.5. The largest absolute Gasteiger partial charge is 0.302 e. The van der Waals surface area contributed by atoms with Gasteiger partial charge in [0, 0.05) is 33.3 Å². The third-order valence-electron chi connectivity index (χ3n) is 4.84. The molecule has 1 atom stereocenters. The summed E-state index contributed by atoms with van der Waals surface area (Å²) in [5.41, 5.74) is 4.60. The van der Waals surface area contributed by atoms with E-state index >= 15 is 0 Å². The summed E-state index contributed by atoms with van der Waals surface area (Å²) >= 11 is 8.18. The lowest BCUT2D eigenvalue weighted by atomic mass is 10.1. The molecule has 0 amide bonds. The topological polar surface area (TPSA) is 17.8 Å². The number of fused-ring (bicyclic) bond motifs is 3. The summed E-state index contributed by atoms with van der Waals surface area (Å²) in [5, 5.41) is 1.07. The van der Waals surface area contributed by atoms with Gasteiger partial charge in [0.1, 0.15) is 5.82 Å². The van der Waals surface area contributed by atoms with Gasteiger partial charge in [-0.15, -0.1) is 11.8 Å². The van der Waals surface area contributed by atoms with Gasteiger partial charge in [0.25, 0.3) is 0 Å². The van der Waals surface area contributed by atoms with Crippen molar-refractivity contribution in [1.82, 2.24) is 9.55 Å². The van der Waals surface area contributed by atoms with E-state index in [4.69, 9.17) is 16.6 Å². The normalized spacial score (nSPS) is 15.7. The highest BCUT2D eigenvalue weighted by molar-refractivity contribution is 7.99. The van der Waals surface area contributed by atoms with E-state index in [9.17, 15) is 0 Å². The number of hydrogen-bond donors (Lipinski definition) is 0. The van der Waals surface area contributed by atoms with Crippen LogP contribution in [0, 0.1) is 0 Å². The molecular formula is C23H17ClN2S. The van der Waals surface area contributed by atoms with Crippen molar-refractivity contribution in [3.63, 3.8) is 0 Å². The third kappa shape index (κ3) is 3.18. The van der Waals surface area contributed by atoms with E-state index in [1.54, 1.807) is 0 Å². The highest BCUT2D eigenvalue weighted by Gasteiger charge is 2.25. The second kappa shape index (κ2) is 6.91. The van der Waals surface area contributed by atoms with Crippen molar-refractivity contribution in [2.45, 2.75) is 16.6 Å². The van der Waals surface area contributed by atoms with Crippen LogP contribution in [-0.2, 0) is 6.42 Å². The monoisotopic (exact) mass is 388 g/mol. The van der Waals surface area contributed by atoms with E-state index in [-0.39, 0.29) is 0 Å². The average Bonchev–Trinajstić information content (AvgIpc) is 3.06. The lowest BCUT2D eigenvalue weighted by molar-refractivity contribution is 0.824. The molecule has 5 rings (SSSR count). The summed E-state index contributed by atoms with van der Waals surface area (Å²) in [6.07, 6.45) is 3.01. The van der Waals surface area contributed by atoms with Crippen LogP contribution in [0.2, 0.25) is 5.02 Å². The fourth-order valence-corrected chi connectivity index (χ4v) is 5.07. The molecule has 1 aliphatic rings. The molecule has 27 heavy (non-hydrogen) atoms. The molecular weight excluding hydrogens is 372 g/mol. The van der Waals surface area contributed by atoms with Crippen LogP contribution in [0.3, 0.4) is 0 Å². The van der Waals surface area contributed by atoms with Gasteiger partial charge >= 0.3 is 0 Å². The van der Waals surface area contributed by atoms with Crippen molar-refractivity contribution in [2.75, 3.05) is 0 Å². The molecule has 0 spiro atoms. The molecule has 0 bridgehead atoms. The number of rotatable bonds is 2. The lowest BCUT2D eigenvalue weighted by Crippen LogP contribution is -2.02. The van der Waals surface area contributed by atoms with E-state index in [1.807, 2.05) is 23.9 Å². The Morgan fingerprint density at radius 1 is 0.926 bits per heavy atom. The summed E-state index contributed by atoms with van der Waals surface area (Å²) in [6, 6.07) is 27.1. The number of aromatic nitrogens is 2. The van der Waals surface area contributed by atoms with E-state index in [0.717, 1.165) is 34.2 Å². The first-order valence-electron chi connectivity index (χ1n) is 8.93. The van der Waals surface area contributed by atoms with Crippen molar-refractivity contribution >= 4 is 23.4 Å². The smallest absolute Gasteiger partial charge is 0.115 e. The SMILES string of the molecule is Clc1ccc2c(c1)SC(c1ccccc1)Cc1nc(-c3ccccc3)cn1-2. The maximum Gasteiger partial charge on any atom is 0.115 e. The molecule has 1 aliphatic heterocycles. The van der Waals surface area contributed by atoms with E-state index < -0.39 is 0 Å². The fourth-order valence-electron chi connectivity index (χ4n) is 3.51. The Morgan fingerprint density at radius 2 is 1.67 bits per heavy atom. The first-order chi connectivity index (χ1) is 13.3. The number of hydrogen-bond acceptors (Lipinski definition) is 2. The summed E-state index contributed by atoms with van der Waals surface area (Å²) in [5.74, 6) is 1.08. The van der Waals surface area contributed by atoms with Gasteiger partial charge in [-0.05, 0) is 23.8 Å². The van der Waals surface area contributed by atoms with E-state index in [0.29, 0.717) is 5.25 Å². The van der Waals surface area contributed by atoms with Crippen LogP contribution >= 0.6 is 23.4 Å². The molecule has 4 aromatic rings. The second-order valence-electron chi connectivity index (χ2n) is 6.61. The highest BCUT2D eigenvalue weighted by atomic mass is 35.5. The van der Waals surface area contributed by atoms with Gasteiger partial charge in [-0.25, -0.2) is 4.98 Å². The molecule has 4 heteroatoms. The summed E-state index contributed by atoms with van der Waals surface area (Å²) in [4.78, 5) is 6.18. The van der Waals surface area contributed by atoms with Gasteiger partial charge in [0.2, 0.25) is 0 Å². The number of halogens is 1. The predicted molar refractivity (Wildman–Crippen MR) is 113 cm³/mol. The molecule has 0 saturated carbocycles. The van der Waals surface area contributed by atoms with Crippen LogP contribution in [0.25, 0.3) is 16.9 Å². The van der Waals surface area contributed by atoms with Crippen molar-refractivity contribution in [2.24, 2.45) is 0 Å². The van der Waals surface area contributed by atoms with Gasteiger partial charge in [-0.2, -0.15) is 0 Å². The Kier molecular flexibility index (Phi) is 4.27. The Morgan fingerprint density at radius 3 is 2.44 bits per heavy atom. The number of imidazole rings is 1. The number of thioether (sulfide) groups is 1. The van der Waals surface area contributed by atoms with E-state index in [2.05, 4.69) is 77.5 Å². The quantitative estimate of drug-likeness (QED) is 0.386. The first kappa shape index (κ1) is 16.7. The minimum absolute atomic E-state index is 0.302. The van der Waals surface area contributed by atoms with Gasteiger partial charge in [-0.1, -0.05) is 72.3 Å². The molecule has 0 aliphatic carbocycles. The van der Waals surface area contributed by atoms with Gasteiger partial charge in [0.05, 0.1) is 11.4 Å². The third-order valence-corrected chi connectivity index (χ3v) is 6.38. The van der Waals surface area contributed by atoms with Crippen LogP contribution in [0.5, 0.6) is 0 Å². The van der Waals surface area contributed by atoms with Crippen molar-refractivity contribution in [1.29, 1.82) is 0 Å². The summed E-state index contributed by atoms with van der Waals surface area (Å²) < 4.78 is 2.23. The molecule has 2 nitrogen and oxygen atoms in total. The maximum atomic E-state index is 6.31. The summed E-state index contributed by atoms with van der Waals surface area (Å²) in [7, 11) is 0. The van der Waals surface area contributed by atoms with Gasteiger partial charge < -0.3 is 4.57 Å². The second-order valence-corrected chi connectivity index (χ2v) is 8.29. The number of benzene rings is 3. The molecule has 2 heterocycles. The van der Waals surface area contributed by atoms with Crippen LogP contribution in [0.1, 0.15) is 16.6 Å². The molecule has 1 aromatic heterocycles. The minimum Gasteiger partial charge on any atom is -0.302 e. The maximum absolute atomic E-state index is 6.31. The van der Waals surface area contributed by atoms with E-state index in [1.165, 1.54) is 10.5 Å². The molecule has 0 saturated heterocycles. The Labute approximate surface area is 167 Å². The Hall–Kier alpha value is -2.49. The standard InChI is InChI=1S/C23H17ClN2S/c24-18-11-12-20-22(13-18)27-21(17-9-5-2-6-10-17)14-23-25-19(15-26(20)23)16-7-3-1-4-8-16/h1-13,15,21H,14H2. The first-order valence-corrected chi connectivity index (χ1v) is 10.2. The van der Waals surface area contributed by atoms with Gasteiger partial charge in [-0.3, -0.25) is 0 Å². The van der Waals surface area contributed by atoms with Crippen LogP contribution in [-0.4, -0.2) is 9.55 Å². The molecule has 0 radical (unpaired) electrons. The average molecular weight is 389 g/mol. The lowest BCUT2D eigenvalue weighted by Gasteiger charge is -2.14. The fraction of sp³-hybridized carbons (Fsp3) is 0.0870. The molecule has 0 fully saturated rings. The van der Waals surface area contributed by atoms with Gasteiger partial charge in [0.15, 0.2) is 0 Å². The number of nitrogens with zero attached hydrogens (tertiary/aromatic N) is 2. The molecule has 132 valence electrons. The van der Waals surface area contributed by atoms with Crippen molar-refractivity contribution in [3.05, 3.63) is 101 Å². The van der Waals surface area contributed by atoms with Crippen molar-refractivity contribution < 1.29 is 0 Å². The molecule has 3 aromatic carbocycles. The molecule has 1 unspecified atom stereocenters. The zero-order chi connectivity index (χ0) is 18.2. The van der Waals surface area contributed by atoms with Crippen LogP contribution in [0.4, 0.5) is 0 Å². The Bertz CT molecular complexity index is 1090.